The van der Waals surface area contributed by atoms with E-state index in [1.165, 1.54) is 5.56 Å². The van der Waals surface area contributed by atoms with E-state index in [1.807, 2.05) is 50.6 Å². The van der Waals surface area contributed by atoms with E-state index in [0.29, 0.717) is 12.5 Å². The fraction of sp³-hybridized carbons (Fsp3) is 0.565. The van der Waals surface area contributed by atoms with Gasteiger partial charge in [0.1, 0.15) is 6.61 Å². The number of benzene rings is 1. The summed E-state index contributed by atoms with van der Waals surface area (Å²) in [5.41, 5.74) is 2.32. The molecule has 27 heavy (non-hydrogen) atoms. The first kappa shape index (κ1) is 31.0. The Balaban J connectivity index is -0.000000899. The van der Waals surface area contributed by atoms with Crippen LogP contribution in [-0.2, 0) is 52.3 Å². The monoisotopic (exact) mass is 450 g/mol. The number of hydrogen-bond acceptors (Lipinski definition) is 2. The Hall–Kier alpha value is -0.666. The van der Waals surface area contributed by atoms with E-state index in [2.05, 4.69) is 44.1 Å². The van der Waals surface area contributed by atoms with Gasteiger partial charge in [0.25, 0.3) is 0 Å². The zero-order valence-electron chi connectivity index (χ0n) is 19.0. The summed E-state index contributed by atoms with van der Waals surface area (Å²) >= 11 is 0. The number of aromatic nitrogens is 2. The molecule has 0 atom stereocenters. The number of ether oxygens (including phenoxy) is 1. The van der Waals surface area contributed by atoms with Gasteiger partial charge in [-0.15, -0.1) is 0 Å². The Labute approximate surface area is 194 Å². The largest absolute Gasteiger partial charge is 0.473 e. The summed E-state index contributed by atoms with van der Waals surface area (Å²) in [4.78, 5) is 0. The molecule has 1 aromatic carbocycles. The Morgan fingerprint density at radius 3 is 2.15 bits per heavy atom. The minimum atomic E-state index is 0. The summed E-state index contributed by atoms with van der Waals surface area (Å²) in [6, 6.07) is 12.4. The molecule has 0 aliphatic rings. The van der Waals surface area contributed by atoms with Crippen LogP contribution in [0.4, 0.5) is 0 Å². The van der Waals surface area contributed by atoms with Gasteiger partial charge >= 0.3 is 0 Å². The summed E-state index contributed by atoms with van der Waals surface area (Å²) in [7, 11) is 0. The minimum Gasteiger partial charge on any atom is -0.473 e. The first-order valence-corrected chi connectivity index (χ1v) is 9.92. The van der Waals surface area contributed by atoms with Gasteiger partial charge in [0, 0.05) is 45.3 Å². The SMILES string of the molecule is CC.CC.CCCc1cc(OCc2ccccc2)n(CCC(C)C)n1.[CH3-].[Y]. The molecule has 0 N–H and O–H groups in total. The quantitative estimate of drug-likeness (QED) is 0.407. The summed E-state index contributed by atoms with van der Waals surface area (Å²) in [5.74, 6) is 1.56. The van der Waals surface area contributed by atoms with Crippen LogP contribution in [0.1, 0.15) is 72.6 Å². The van der Waals surface area contributed by atoms with E-state index in [4.69, 9.17) is 4.74 Å². The maximum absolute atomic E-state index is 5.98. The van der Waals surface area contributed by atoms with Crippen molar-refractivity contribution in [1.29, 1.82) is 0 Å². The third-order valence-corrected chi connectivity index (χ3v) is 3.45. The topological polar surface area (TPSA) is 27.1 Å². The third kappa shape index (κ3) is 13.2. The molecule has 0 bridgehead atoms. The molecule has 0 saturated heterocycles. The normalized spacial score (nSPS) is 9.04. The molecule has 0 spiro atoms. The zero-order valence-corrected chi connectivity index (χ0v) is 21.8. The van der Waals surface area contributed by atoms with Crippen molar-refractivity contribution in [2.75, 3.05) is 0 Å². The van der Waals surface area contributed by atoms with Crippen LogP contribution in [-0.4, -0.2) is 9.78 Å². The Morgan fingerprint density at radius 2 is 1.63 bits per heavy atom. The molecule has 2 rings (SSSR count). The molecule has 0 fully saturated rings. The van der Waals surface area contributed by atoms with Crippen molar-refractivity contribution in [1.82, 2.24) is 9.78 Å². The van der Waals surface area contributed by atoms with Gasteiger partial charge in [0.05, 0.1) is 5.69 Å². The van der Waals surface area contributed by atoms with Crippen LogP contribution in [0.15, 0.2) is 36.4 Å². The van der Waals surface area contributed by atoms with Crippen molar-refractivity contribution < 1.29 is 37.4 Å². The van der Waals surface area contributed by atoms with Crippen LogP contribution < -0.4 is 4.74 Å². The molecule has 0 amide bonds. The second kappa shape index (κ2) is 20.1. The van der Waals surface area contributed by atoms with E-state index in [-0.39, 0.29) is 40.1 Å². The fourth-order valence-corrected chi connectivity index (χ4v) is 2.22. The molecule has 1 radical (unpaired) electrons. The average Bonchev–Trinajstić information content (AvgIpc) is 3.04. The summed E-state index contributed by atoms with van der Waals surface area (Å²) in [5, 5.41) is 4.68. The Morgan fingerprint density at radius 1 is 1.04 bits per heavy atom. The van der Waals surface area contributed by atoms with E-state index in [9.17, 15) is 0 Å². The molecule has 153 valence electrons. The molecule has 2 aromatic rings. The molecule has 0 unspecified atom stereocenters. The standard InChI is InChI=1S/C18H26N2O.2C2H6.CH3.Y/c1-4-8-17-13-18(20(19-17)12-11-15(2)3)21-14-16-9-6-5-7-10-16;2*1-2;;/h5-7,9-10,13,15H,4,8,11-12,14H2,1-3H3;2*1-2H3;1H3;/q;;;-1;. The number of nitrogens with zero attached hydrogens (tertiary/aromatic N) is 2. The van der Waals surface area contributed by atoms with Gasteiger partial charge < -0.3 is 12.2 Å². The summed E-state index contributed by atoms with van der Waals surface area (Å²) in [6.45, 7) is 16.2. The van der Waals surface area contributed by atoms with Crippen molar-refractivity contribution in [2.45, 2.75) is 80.9 Å². The molecular weight excluding hydrogens is 409 g/mol. The van der Waals surface area contributed by atoms with Crippen molar-refractivity contribution in [2.24, 2.45) is 5.92 Å². The average molecular weight is 451 g/mol. The van der Waals surface area contributed by atoms with Crippen LogP contribution in [0.5, 0.6) is 5.88 Å². The molecule has 1 heterocycles. The van der Waals surface area contributed by atoms with Gasteiger partial charge in [-0.2, -0.15) is 5.10 Å². The van der Waals surface area contributed by atoms with Gasteiger partial charge in [-0.3, -0.25) is 0 Å². The van der Waals surface area contributed by atoms with Gasteiger partial charge in [-0.05, 0) is 24.3 Å². The van der Waals surface area contributed by atoms with Crippen molar-refractivity contribution in [3.8, 4) is 5.88 Å². The first-order valence-electron chi connectivity index (χ1n) is 9.92. The van der Waals surface area contributed by atoms with Gasteiger partial charge in [-0.1, -0.05) is 85.2 Å². The van der Waals surface area contributed by atoms with Crippen LogP contribution in [0.25, 0.3) is 0 Å². The van der Waals surface area contributed by atoms with E-state index < -0.39 is 0 Å². The van der Waals surface area contributed by atoms with Gasteiger partial charge in [0.2, 0.25) is 5.88 Å². The van der Waals surface area contributed by atoms with E-state index in [0.717, 1.165) is 37.4 Å². The minimum absolute atomic E-state index is 0. The van der Waals surface area contributed by atoms with Crippen molar-refractivity contribution in [3.63, 3.8) is 0 Å². The predicted molar refractivity (Wildman–Crippen MR) is 116 cm³/mol. The van der Waals surface area contributed by atoms with E-state index in [1.54, 1.807) is 0 Å². The van der Waals surface area contributed by atoms with Crippen LogP contribution in [0, 0.1) is 13.3 Å². The van der Waals surface area contributed by atoms with E-state index >= 15 is 0 Å². The third-order valence-electron chi connectivity index (χ3n) is 3.45. The Bertz CT molecular complexity index is 539. The van der Waals surface area contributed by atoms with Gasteiger partial charge in [0.15, 0.2) is 0 Å². The smallest absolute Gasteiger partial charge is 0.212 e. The fourth-order valence-electron chi connectivity index (χ4n) is 2.22. The molecule has 0 aliphatic heterocycles. The second-order valence-electron chi connectivity index (χ2n) is 5.90. The number of hydrogen-bond donors (Lipinski definition) is 0. The Kier molecular flexibility index (Phi) is 23.1. The molecule has 4 heteroatoms. The first-order chi connectivity index (χ1) is 12.2. The molecule has 0 aliphatic carbocycles. The number of aryl methyl sites for hydroxylation is 2. The van der Waals surface area contributed by atoms with Crippen LogP contribution >= 0.6 is 0 Å². The van der Waals surface area contributed by atoms with Gasteiger partial charge in [-0.25, -0.2) is 4.68 Å². The van der Waals surface area contributed by atoms with Crippen LogP contribution in [0.3, 0.4) is 0 Å². The molecule has 0 saturated carbocycles. The van der Waals surface area contributed by atoms with Crippen molar-refractivity contribution in [3.05, 3.63) is 55.1 Å². The number of rotatable bonds is 8. The zero-order chi connectivity index (χ0) is 19.1. The second-order valence-corrected chi connectivity index (χ2v) is 5.90. The molecule has 1 aromatic heterocycles. The maximum Gasteiger partial charge on any atom is 0.212 e. The van der Waals surface area contributed by atoms with Crippen LogP contribution in [0.2, 0.25) is 0 Å². The predicted octanol–water partition coefficient (Wildman–Crippen LogP) is 6.96. The van der Waals surface area contributed by atoms with Crippen molar-refractivity contribution >= 4 is 0 Å². The summed E-state index contributed by atoms with van der Waals surface area (Å²) < 4.78 is 8.00. The molecular formula is C23H41N2OY-. The molecule has 3 nitrogen and oxygen atoms in total. The maximum atomic E-state index is 5.98. The summed E-state index contributed by atoms with van der Waals surface area (Å²) in [6.07, 6.45) is 3.24.